The number of hydrogen-bond donors (Lipinski definition) is 0. The van der Waals surface area contributed by atoms with E-state index >= 15 is 0 Å². The van der Waals surface area contributed by atoms with Crippen LogP contribution in [0.15, 0.2) is 65.6 Å². The van der Waals surface area contributed by atoms with Gasteiger partial charge in [-0.15, -0.1) is 0 Å². The van der Waals surface area contributed by atoms with Gasteiger partial charge < -0.3 is 19.3 Å². The van der Waals surface area contributed by atoms with Crippen LogP contribution in [0.1, 0.15) is 0 Å². The molecule has 8 nitrogen and oxygen atoms in total. The number of piperazine rings is 1. The molecular weight excluding hydrogens is 540 g/mol. The molecule has 1 aliphatic heterocycles. The molecular formula is C26H26ClF2N3O5S. The maximum absolute atomic E-state index is 14.2. The fraction of sp³-hybridized carbons (Fsp3) is 0.269. The van der Waals surface area contributed by atoms with Crippen molar-refractivity contribution in [3.8, 4) is 11.5 Å². The Morgan fingerprint density at radius 3 is 2.24 bits per heavy atom. The van der Waals surface area contributed by atoms with Crippen molar-refractivity contribution in [3.05, 3.63) is 77.3 Å². The molecule has 1 amide bonds. The van der Waals surface area contributed by atoms with Gasteiger partial charge in [-0.05, 0) is 42.5 Å². The normalized spacial score (nSPS) is 13.8. The van der Waals surface area contributed by atoms with Gasteiger partial charge in [0, 0.05) is 32.2 Å². The fourth-order valence-corrected chi connectivity index (χ4v) is 5.78. The molecule has 202 valence electrons. The van der Waals surface area contributed by atoms with E-state index in [2.05, 4.69) is 0 Å². The van der Waals surface area contributed by atoms with E-state index in [4.69, 9.17) is 21.1 Å². The van der Waals surface area contributed by atoms with Crippen LogP contribution in [0.25, 0.3) is 0 Å². The third-order valence-corrected chi connectivity index (χ3v) is 8.30. The van der Waals surface area contributed by atoms with Crippen LogP contribution in [0.5, 0.6) is 11.5 Å². The van der Waals surface area contributed by atoms with Gasteiger partial charge in [0.25, 0.3) is 10.0 Å². The Bertz CT molecular complexity index is 1430. The van der Waals surface area contributed by atoms with E-state index in [1.807, 2.05) is 4.90 Å². The van der Waals surface area contributed by atoms with Gasteiger partial charge in [-0.3, -0.25) is 9.10 Å². The predicted molar refractivity (Wildman–Crippen MR) is 141 cm³/mol. The quantitative estimate of drug-likeness (QED) is 0.408. The second-order valence-corrected chi connectivity index (χ2v) is 10.7. The van der Waals surface area contributed by atoms with Gasteiger partial charge in [-0.1, -0.05) is 23.7 Å². The first-order valence-electron chi connectivity index (χ1n) is 11.6. The third kappa shape index (κ3) is 5.63. The zero-order chi connectivity index (χ0) is 27.4. The Balaban J connectivity index is 1.60. The first-order valence-corrected chi connectivity index (χ1v) is 13.4. The lowest BCUT2D eigenvalue weighted by atomic mass is 10.2. The number of ether oxygens (including phenoxy) is 2. The average molecular weight is 566 g/mol. The molecule has 0 unspecified atom stereocenters. The molecule has 0 aliphatic carbocycles. The van der Waals surface area contributed by atoms with E-state index in [1.165, 1.54) is 49.5 Å². The van der Waals surface area contributed by atoms with E-state index in [0.29, 0.717) is 24.5 Å². The molecule has 0 bridgehead atoms. The monoisotopic (exact) mass is 565 g/mol. The van der Waals surface area contributed by atoms with Gasteiger partial charge in [0.1, 0.15) is 18.2 Å². The summed E-state index contributed by atoms with van der Waals surface area (Å²) < 4.78 is 66.9. The van der Waals surface area contributed by atoms with E-state index in [9.17, 15) is 22.0 Å². The zero-order valence-corrected chi connectivity index (χ0v) is 22.3. The number of methoxy groups -OCH3 is 2. The minimum Gasteiger partial charge on any atom is -0.493 e. The van der Waals surface area contributed by atoms with Gasteiger partial charge in [-0.25, -0.2) is 17.2 Å². The van der Waals surface area contributed by atoms with Crippen LogP contribution in [-0.4, -0.2) is 66.2 Å². The Morgan fingerprint density at radius 1 is 0.921 bits per heavy atom. The molecule has 3 aromatic carbocycles. The number of anilines is 2. The van der Waals surface area contributed by atoms with E-state index in [0.717, 1.165) is 16.4 Å². The lowest BCUT2D eigenvalue weighted by Crippen LogP contribution is -2.52. The minimum atomic E-state index is -4.33. The number of sulfonamides is 1. The standard InChI is InChI=1S/C26H26ClF2N3O5S/c1-36-24-10-8-19(16-25(24)37-2)38(34,35)32(18-7-9-21(28)20(27)15-18)17-26(33)31-13-11-30(12-14-31)23-6-4-3-5-22(23)29/h3-10,15-16H,11-14,17H2,1-2H3. The van der Waals surface area contributed by atoms with Crippen molar-refractivity contribution < 1.29 is 31.5 Å². The Kier molecular flexibility index (Phi) is 8.27. The highest BCUT2D eigenvalue weighted by atomic mass is 35.5. The topological polar surface area (TPSA) is 79.4 Å². The van der Waals surface area contributed by atoms with Crippen molar-refractivity contribution >= 4 is 38.9 Å². The van der Waals surface area contributed by atoms with Crippen LogP contribution in [-0.2, 0) is 14.8 Å². The number of carbonyl (C=O) groups excluding carboxylic acids is 1. The summed E-state index contributed by atoms with van der Waals surface area (Å²) >= 11 is 5.95. The number of para-hydroxylation sites is 1. The molecule has 3 aromatic rings. The number of rotatable bonds is 8. The van der Waals surface area contributed by atoms with Crippen molar-refractivity contribution in [2.24, 2.45) is 0 Å². The average Bonchev–Trinajstić information content (AvgIpc) is 2.93. The van der Waals surface area contributed by atoms with Gasteiger partial charge >= 0.3 is 0 Å². The maximum atomic E-state index is 14.2. The van der Waals surface area contributed by atoms with E-state index in [-0.39, 0.29) is 40.3 Å². The molecule has 1 fully saturated rings. The molecule has 1 saturated heterocycles. The number of amides is 1. The predicted octanol–water partition coefficient (Wildman–Crippen LogP) is 4.18. The zero-order valence-electron chi connectivity index (χ0n) is 20.7. The van der Waals surface area contributed by atoms with Gasteiger partial charge in [0.15, 0.2) is 11.5 Å². The highest BCUT2D eigenvalue weighted by molar-refractivity contribution is 7.92. The Morgan fingerprint density at radius 2 is 1.61 bits per heavy atom. The second kappa shape index (κ2) is 11.4. The van der Waals surface area contributed by atoms with Crippen molar-refractivity contribution in [2.75, 3.05) is 56.1 Å². The van der Waals surface area contributed by atoms with Gasteiger partial charge in [0.2, 0.25) is 5.91 Å². The Labute approximate surface area is 225 Å². The van der Waals surface area contributed by atoms with E-state index in [1.54, 1.807) is 18.2 Å². The van der Waals surface area contributed by atoms with Gasteiger partial charge in [0.05, 0.1) is 35.5 Å². The largest absolute Gasteiger partial charge is 0.493 e. The highest BCUT2D eigenvalue weighted by Crippen LogP contribution is 2.33. The van der Waals surface area contributed by atoms with Crippen LogP contribution in [0.3, 0.4) is 0 Å². The summed E-state index contributed by atoms with van der Waals surface area (Å²) in [6.45, 7) is 0.719. The van der Waals surface area contributed by atoms with Crippen LogP contribution < -0.4 is 18.7 Å². The molecule has 1 aliphatic rings. The molecule has 38 heavy (non-hydrogen) atoms. The number of halogens is 3. The minimum absolute atomic E-state index is 0.0181. The van der Waals surface area contributed by atoms with Crippen LogP contribution in [0.2, 0.25) is 5.02 Å². The number of carbonyl (C=O) groups is 1. The molecule has 0 aromatic heterocycles. The number of benzene rings is 3. The molecule has 0 atom stereocenters. The van der Waals surface area contributed by atoms with Crippen molar-refractivity contribution in [1.29, 1.82) is 0 Å². The summed E-state index contributed by atoms with van der Waals surface area (Å²) in [6.07, 6.45) is 0. The van der Waals surface area contributed by atoms with Crippen LogP contribution >= 0.6 is 11.6 Å². The second-order valence-electron chi connectivity index (χ2n) is 8.45. The fourth-order valence-electron chi connectivity index (χ4n) is 4.19. The summed E-state index contributed by atoms with van der Waals surface area (Å²) in [5.74, 6) is -1.04. The summed E-state index contributed by atoms with van der Waals surface area (Å²) in [5.41, 5.74) is 0.461. The smallest absolute Gasteiger partial charge is 0.264 e. The lowest BCUT2D eigenvalue weighted by molar-refractivity contribution is -0.129. The highest BCUT2D eigenvalue weighted by Gasteiger charge is 2.31. The molecule has 4 rings (SSSR count). The van der Waals surface area contributed by atoms with Gasteiger partial charge in [-0.2, -0.15) is 0 Å². The maximum Gasteiger partial charge on any atom is 0.264 e. The molecule has 0 spiro atoms. The molecule has 12 heteroatoms. The Hall–Kier alpha value is -3.57. The summed E-state index contributed by atoms with van der Waals surface area (Å²) in [4.78, 5) is 16.5. The van der Waals surface area contributed by atoms with Crippen molar-refractivity contribution in [1.82, 2.24) is 4.90 Å². The lowest BCUT2D eigenvalue weighted by Gasteiger charge is -2.37. The molecule has 0 N–H and O–H groups in total. The first kappa shape index (κ1) is 27.5. The molecule has 0 radical (unpaired) electrons. The number of nitrogens with zero attached hydrogens (tertiary/aromatic N) is 3. The summed E-state index contributed by atoms with van der Waals surface area (Å²) in [6, 6.07) is 13.9. The first-order chi connectivity index (χ1) is 18.1. The van der Waals surface area contributed by atoms with Crippen LogP contribution in [0.4, 0.5) is 20.2 Å². The third-order valence-electron chi connectivity index (χ3n) is 6.24. The summed E-state index contributed by atoms with van der Waals surface area (Å²) in [5, 5.41) is -0.291. The summed E-state index contributed by atoms with van der Waals surface area (Å²) in [7, 11) is -1.53. The number of hydrogen-bond acceptors (Lipinski definition) is 6. The molecule has 1 heterocycles. The van der Waals surface area contributed by atoms with E-state index < -0.39 is 28.3 Å². The van der Waals surface area contributed by atoms with Crippen LogP contribution in [0, 0.1) is 11.6 Å². The van der Waals surface area contributed by atoms with Crippen molar-refractivity contribution in [2.45, 2.75) is 4.90 Å². The SMILES string of the molecule is COc1ccc(S(=O)(=O)N(CC(=O)N2CCN(c3ccccc3F)CC2)c2ccc(F)c(Cl)c2)cc1OC. The molecule has 0 saturated carbocycles. The van der Waals surface area contributed by atoms with Crippen molar-refractivity contribution in [3.63, 3.8) is 0 Å².